The molecule has 1 N–H and O–H groups in total. The Bertz CT molecular complexity index is 1050. The zero-order chi connectivity index (χ0) is 16.6. The third-order valence-electron chi connectivity index (χ3n) is 3.28. The molecule has 0 bridgehead atoms. The number of thiazole rings is 1. The Balaban J connectivity index is 2.10. The van der Waals surface area contributed by atoms with Gasteiger partial charge in [-0.3, -0.25) is 9.59 Å². The van der Waals surface area contributed by atoms with Gasteiger partial charge in [-0.15, -0.1) is 11.3 Å². The molecule has 0 unspecified atom stereocenters. The summed E-state index contributed by atoms with van der Waals surface area (Å²) in [5.74, 6) is -0.0285. The summed E-state index contributed by atoms with van der Waals surface area (Å²) in [6.07, 6.45) is 8.34. The van der Waals surface area contributed by atoms with Gasteiger partial charge in [0.25, 0.3) is 5.56 Å². The molecule has 23 heavy (non-hydrogen) atoms. The number of H-pyrrole nitrogens is 1. The van der Waals surface area contributed by atoms with Gasteiger partial charge in [-0.25, -0.2) is 9.50 Å². The lowest BCUT2D eigenvalue weighted by molar-refractivity contribution is -0.119. The van der Waals surface area contributed by atoms with Crippen molar-refractivity contribution in [2.45, 2.75) is 20.8 Å². The summed E-state index contributed by atoms with van der Waals surface area (Å²) in [4.78, 5) is 31.1. The average Bonchev–Trinajstić information content (AvgIpc) is 3.03. The predicted octanol–water partition coefficient (Wildman–Crippen LogP) is 0.704. The van der Waals surface area contributed by atoms with Crippen molar-refractivity contribution in [3.8, 4) is 0 Å². The molecule has 0 fully saturated rings. The molecular formula is C16H16N4O2S. The number of aromatic nitrogens is 4. The number of nitrogens with zero attached hydrogens (tertiary/aromatic N) is 3. The topological polar surface area (TPSA) is 80.1 Å². The van der Waals surface area contributed by atoms with E-state index in [2.05, 4.69) is 15.1 Å². The fourth-order valence-electron chi connectivity index (χ4n) is 1.95. The van der Waals surface area contributed by atoms with E-state index >= 15 is 0 Å². The van der Waals surface area contributed by atoms with Crippen LogP contribution in [0.15, 0.2) is 29.5 Å². The van der Waals surface area contributed by atoms with Crippen LogP contribution in [-0.2, 0) is 4.79 Å². The Labute approximate surface area is 135 Å². The molecule has 6 nitrogen and oxygen atoms in total. The molecule has 0 atom stereocenters. The second-order valence-electron chi connectivity index (χ2n) is 6.18. The van der Waals surface area contributed by atoms with Gasteiger partial charge in [0, 0.05) is 29.4 Å². The number of carbonyl (C=O) groups excluding carboxylic acids is 1. The van der Waals surface area contributed by atoms with Crippen molar-refractivity contribution in [3.63, 3.8) is 0 Å². The molecular weight excluding hydrogens is 312 g/mol. The van der Waals surface area contributed by atoms with E-state index in [-0.39, 0.29) is 11.3 Å². The van der Waals surface area contributed by atoms with Gasteiger partial charge in [-0.2, -0.15) is 5.10 Å². The summed E-state index contributed by atoms with van der Waals surface area (Å²) < 4.78 is 2.70. The van der Waals surface area contributed by atoms with Gasteiger partial charge in [-0.05, 0) is 12.1 Å². The van der Waals surface area contributed by atoms with Crippen molar-refractivity contribution in [3.05, 3.63) is 49.8 Å². The van der Waals surface area contributed by atoms with E-state index in [1.807, 2.05) is 20.8 Å². The minimum Gasteiger partial charge on any atom is -0.313 e. The lowest BCUT2D eigenvalue weighted by Crippen LogP contribution is -2.22. The Kier molecular flexibility index (Phi) is 3.73. The van der Waals surface area contributed by atoms with E-state index in [4.69, 9.17) is 0 Å². The number of hydrogen-bond acceptors (Lipinski definition) is 5. The quantitative estimate of drug-likeness (QED) is 0.751. The number of Topliss-reactive ketones (excluding diaryl/α,β-unsaturated/α-hetero) is 1. The molecule has 0 amide bonds. The van der Waals surface area contributed by atoms with Crippen molar-refractivity contribution < 1.29 is 4.79 Å². The average molecular weight is 328 g/mol. The second kappa shape index (κ2) is 5.58. The van der Waals surface area contributed by atoms with Crippen LogP contribution in [0.5, 0.6) is 0 Å². The summed E-state index contributed by atoms with van der Waals surface area (Å²) in [6.45, 7) is 5.53. The first-order chi connectivity index (χ1) is 10.8. The number of rotatable bonds is 2. The van der Waals surface area contributed by atoms with Gasteiger partial charge >= 0.3 is 0 Å². The molecule has 0 saturated heterocycles. The van der Waals surface area contributed by atoms with Crippen molar-refractivity contribution in [1.82, 2.24) is 19.6 Å². The second-order valence-corrected chi connectivity index (χ2v) is 7.26. The molecule has 0 spiro atoms. The largest absolute Gasteiger partial charge is 0.313 e. The van der Waals surface area contributed by atoms with Crippen LogP contribution in [0.4, 0.5) is 0 Å². The van der Waals surface area contributed by atoms with E-state index in [9.17, 15) is 9.59 Å². The zero-order valence-electron chi connectivity index (χ0n) is 13.0. The monoisotopic (exact) mass is 328 g/mol. The maximum absolute atomic E-state index is 12.1. The SMILES string of the molecule is CC(C)(C)C(=O)C=c1[nH]c(=O)c(=Cc2cnn3cccnc23)s1. The van der Waals surface area contributed by atoms with Crippen molar-refractivity contribution in [1.29, 1.82) is 0 Å². The van der Waals surface area contributed by atoms with Crippen LogP contribution < -0.4 is 14.8 Å². The predicted molar refractivity (Wildman–Crippen MR) is 89.7 cm³/mol. The highest BCUT2D eigenvalue weighted by Gasteiger charge is 2.18. The molecule has 118 valence electrons. The van der Waals surface area contributed by atoms with E-state index in [1.54, 1.807) is 35.2 Å². The fourth-order valence-corrected chi connectivity index (χ4v) is 2.82. The van der Waals surface area contributed by atoms with Gasteiger partial charge in [-0.1, -0.05) is 20.8 Å². The van der Waals surface area contributed by atoms with Gasteiger partial charge in [0.1, 0.15) is 0 Å². The smallest absolute Gasteiger partial charge is 0.266 e. The Morgan fingerprint density at radius 1 is 1.39 bits per heavy atom. The maximum atomic E-state index is 12.1. The highest BCUT2D eigenvalue weighted by atomic mass is 32.1. The molecule has 3 heterocycles. The molecule has 0 radical (unpaired) electrons. The highest BCUT2D eigenvalue weighted by molar-refractivity contribution is 7.07. The van der Waals surface area contributed by atoms with E-state index in [1.165, 1.54) is 17.4 Å². The van der Waals surface area contributed by atoms with Crippen LogP contribution in [0, 0.1) is 5.41 Å². The van der Waals surface area contributed by atoms with Gasteiger partial charge in [0.15, 0.2) is 11.4 Å². The van der Waals surface area contributed by atoms with E-state index < -0.39 is 5.41 Å². The van der Waals surface area contributed by atoms with E-state index in [0.29, 0.717) is 14.8 Å². The Morgan fingerprint density at radius 2 is 2.17 bits per heavy atom. The first-order valence-electron chi connectivity index (χ1n) is 7.10. The van der Waals surface area contributed by atoms with Crippen LogP contribution in [0.1, 0.15) is 26.3 Å². The number of aromatic amines is 1. The first-order valence-corrected chi connectivity index (χ1v) is 7.91. The standard InChI is InChI=1S/C16H16N4O2S/c1-16(2,3)12(21)8-13-19-15(22)11(23-13)7-10-9-18-20-6-4-5-17-14(10)20/h4-9H,1-3H3,(H,19,22). The zero-order valence-corrected chi connectivity index (χ0v) is 13.8. The van der Waals surface area contributed by atoms with Crippen molar-refractivity contribution >= 4 is 34.9 Å². The molecule has 3 aromatic heterocycles. The van der Waals surface area contributed by atoms with Crippen LogP contribution in [-0.4, -0.2) is 25.4 Å². The van der Waals surface area contributed by atoms with Crippen LogP contribution in [0.2, 0.25) is 0 Å². The minimum atomic E-state index is -0.475. The lowest BCUT2D eigenvalue weighted by Gasteiger charge is -2.12. The number of ketones is 1. The van der Waals surface area contributed by atoms with Gasteiger partial charge in [0.2, 0.25) is 0 Å². The number of nitrogens with one attached hydrogen (secondary N) is 1. The molecule has 0 aliphatic heterocycles. The molecule has 7 heteroatoms. The van der Waals surface area contributed by atoms with Crippen LogP contribution in [0.3, 0.4) is 0 Å². The maximum Gasteiger partial charge on any atom is 0.266 e. The summed E-state index contributed by atoms with van der Waals surface area (Å²) in [5.41, 5.74) is 0.735. The Hall–Kier alpha value is -2.54. The molecule has 0 aromatic carbocycles. The molecule has 0 aliphatic rings. The molecule has 3 aromatic rings. The third kappa shape index (κ3) is 3.14. The van der Waals surface area contributed by atoms with Gasteiger partial charge < -0.3 is 4.98 Å². The molecule has 0 aliphatic carbocycles. The third-order valence-corrected chi connectivity index (χ3v) is 4.24. The van der Waals surface area contributed by atoms with Gasteiger partial charge in [0.05, 0.1) is 15.4 Å². The summed E-state index contributed by atoms with van der Waals surface area (Å²) in [5, 5.41) is 4.19. The number of fused-ring (bicyclic) bond motifs is 1. The number of carbonyl (C=O) groups is 1. The summed E-state index contributed by atoms with van der Waals surface area (Å²) in [6, 6.07) is 1.78. The first kappa shape index (κ1) is 15.4. The Morgan fingerprint density at radius 3 is 2.91 bits per heavy atom. The number of hydrogen-bond donors (Lipinski definition) is 1. The normalized spacial score (nSPS) is 13.9. The van der Waals surface area contributed by atoms with Crippen molar-refractivity contribution in [2.75, 3.05) is 0 Å². The summed E-state index contributed by atoms with van der Waals surface area (Å²) in [7, 11) is 0. The van der Waals surface area contributed by atoms with E-state index in [0.717, 1.165) is 5.56 Å². The summed E-state index contributed by atoms with van der Waals surface area (Å²) >= 11 is 1.25. The lowest BCUT2D eigenvalue weighted by atomic mass is 9.91. The molecule has 3 rings (SSSR count). The minimum absolute atomic E-state index is 0.0285. The fraction of sp³-hybridized carbons (Fsp3) is 0.250. The highest BCUT2D eigenvalue weighted by Crippen LogP contribution is 2.14. The van der Waals surface area contributed by atoms with Crippen LogP contribution in [0.25, 0.3) is 17.8 Å². The van der Waals surface area contributed by atoms with Crippen LogP contribution >= 0.6 is 11.3 Å². The van der Waals surface area contributed by atoms with Crippen molar-refractivity contribution in [2.24, 2.45) is 5.41 Å². The molecule has 0 saturated carbocycles.